The Morgan fingerprint density at radius 2 is 2.18 bits per heavy atom. The molecule has 1 aliphatic rings. The number of aromatic nitrogens is 1. The summed E-state index contributed by atoms with van der Waals surface area (Å²) in [5, 5.41) is 8.94. The number of carbonyl (C=O) groups excluding carboxylic acids is 1. The van der Waals surface area contributed by atoms with Crippen molar-refractivity contribution < 1.29 is 19.4 Å². The van der Waals surface area contributed by atoms with Crippen molar-refractivity contribution in [3.63, 3.8) is 0 Å². The standard InChI is InChI=1S/C16H12N2O4/c19-15-7-11(18-14-8-17-5-4-13(14)15)9-22-12-3-1-2-10(6-12)16(20)21/h1-6,8H,7,9H2,(H,20,21). The third-order valence-corrected chi connectivity index (χ3v) is 3.23. The first-order valence-electron chi connectivity index (χ1n) is 6.63. The minimum Gasteiger partial charge on any atom is -0.488 e. The van der Waals surface area contributed by atoms with E-state index >= 15 is 0 Å². The van der Waals surface area contributed by atoms with Crippen LogP contribution in [0, 0.1) is 0 Å². The number of rotatable bonds is 4. The number of hydrogen-bond donors (Lipinski definition) is 1. The molecule has 3 rings (SSSR count). The molecule has 0 radical (unpaired) electrons. The van der Waals surface area contributed by atoms with E-state index in [-0.39, 0.29) is 24.4 Å². The maximum Gasteiger partial charge on any atom is 0.335 e. The van der Waals surface area contributed by atoms with Crippen molar-refractivity contribution in [1.29, 1.82) is 0 Å². The molecule has 22 heavy (non-hydrogen) atoms. The molecule has 6 nitrogen and oxygen atoms in total. The van der Waals surface area contributed by atoms with E-state index in [1.165, 1.54) is 18.3 Å². The number of Topliss-reactive ketones (excluding diaryl/α,β-unsaturated/α-hetero) is 1. The third kappa shape index (κ3) is 2.85. The number of ether oxygens (including phenoxy) is 1. The van der Waals surface area contributed by atoms with Crippen LogP contribution in [0.25, 0.3) is 0 Å². The Hall–Kier alpha value is -3.02. The predicted octanol–water partition coefficient (Wildman–Crippen LogP) is 2.52. The van der Waals surface area contributed by atoms with Crippen molar-refractivity contribution in [2.45, 2.75) is 6.42 Å². The van der Waals surface area contributed by atoms with Crippen LogP contribution in [0.15, 0.2) is 47.7 Å². The van der Waals surface area contributed by atoms with Crippen molar-refractivity contribution in [3.05, 3.63) is 53.9 Å². The summed E-state index contributed by atoms with van der Waals surface area (Å²) in [6.07, 6.45) is 3.29. The number of fused-ring (bicyclic) bond motifs is 1. The molecule has 2 heterocycles. The van der Waals surface area contributed by atoms with Gasteiger partial charge in [0, 0.05) is 11.8 Å². The SMILES string of the molecule is O=C(O)c1cccc(OCC2=Nc3cnccc3C(=O)C2)c1. The van der Waals surface area contributed by atoms with Crippen molar-refractivity contribution >= 4 is 23.2 Å². The zero-order valence-corrected chi connectivity index (χ0v) is 11.5. The molecular formula is C16H12N2O4. The van der Waals surface area contributed by atoms with Gasteiger partial charge in [-0.15, -0.1) is 0 Å². The fraction of sp³-hybridized carbons (Fsp3) is 0.125. The van der Waals surface area contributed by atoms with Gasteiger partial charge in [0.1, 0.15) is 12.4 Å². The van der Waals surface area contributed by atoms with Crippen molar-refractivity contribution in [1.82, 2.24) is 4.98 Å². The topological polar surface area (TPSA) is 88.8 Å². The normalized spacial score (nSPS) is 13.3. The van der Waals surface area contributed by atoms with Crippen LogP contribution in [0.1, 0.15) is 27.1 Å². The summed E-state index contributed by atoms with van der Waals surface area (Å²) < 4.78 is 5.53. The number of nitrogens with zero attached hydrogens (tertiary/aromatic N) is 2. The number of carbonyl (C=O) groups is 2. The Kier molecular flexibility index (Phi) is 3.65. The van der Waals surface area contributed by atoms with Crippen LogP contribution < -0.4 is 4.74 Å². The number of aromatic carboxylic acids is 1. The van der Waals surface area contributed by atoms with E-state index in [9.17, 15) is 9.59 Å². The Morgan fingerprint density at radius 1 is 1.32 bits per heavy atom. The van der Waals surface area contributed by atoms with Gasteiger partial charge < -0.3 is 9.84 Å². The zero-order chi connectivity index (χ0) is 15.5. The molecule has 0 amide bonds. The van der Waals surface area contributed by atoms with Gasteiger partial charge in [0.2, 0.25) is 0 Å². The lowest BCUT2D eigenvalue weighted by atomic mass is 10.0. The lowest BCUT2D eigenvalue weighted by Crippen LogP contribution is -2.19. The van der Waals surface area contributed by atoms with Crippen LogP contribution in [-0.4, -0.2) is 34.2 Å². The number of benzene rings is 1. The van der Waals surface area contributed by atoms with Crippen LogP contribution in [0.5, 0.6) is 5.75 Å². The van der Waals surface area contributed by atoms with Crippen molar-refractivity contribution in [3.8, 4) is 5.75 Å². The van der Waals surface area contributed by atoms with E-state index < -0.39 is 5.97 Å². The summed E-state index contributed by atoms with van der Waals surface area (Å²) in [6, 6.07) is 7.83. The molecule has 1 aliphatic heterocycles. The van der Waals surface area contributed by atoms with Gasteiger partial charge in [0.25, 0.3) is 0 Å². The number of ketones is 1. The van der Waals surface area contributed by atoms with Crippen LogP contribution in [0.2, 0.25) is 0 Å². The second-order valence-corrected chi connectivity index (χ2v) is 4.79. The van der Waals surface area contributed by atoms with Gasteiger partial charge in [-0.05, 0) is 24.3 Å². The van der Waals surface area contributed by atoms with E-state index in [0.717, 1.165) is 0 Å². The summed E-state index contributed by atoms with van der Waals surface area (Å²) >= 11 is 0. The van der Waals surface area contributed by atoms with Gasteiger partial charge in [-0.3, -0.25) is 14.8 Å². The third-order valence-electron chi connectivity index (χ3n) is 3.23. The van der Waals surface area contributed by atoms with Crippen LogP contribution in [0.3, 0.4) is 0 Å². The van der Waals surface area contributed by atoms with E-state index in [1.807, 2.05) is 0 Å². The quantitative estimate of drug-likeness (QED) is 0.936. The first-order chi connectivity index (χ1) is 10.6. The average Bonchev–Trinajstić information content (AvgIpc) is 2.53. The Morgan fingerprint density at radius 3 is 3.00 bits per heavy atom. The van der Waals surface area contributed by atoms with Gasteiger partial charge in [0.15, 0.2) is 5.78 Å². The van der Waals surface area contributed by atoms with Gasteiger partial charge >= 0.3 is 5.97 Å². The van der Waals surface area contributed by atoms with Crippen molar-refractivity contribution in [2.75, 3.05) is 6.61 Å². The zero-order valence-electron chi connectivity index (χ0n) is 11.5. The summed E-state index contributed by atoms with van der Waals surface area (Å²) in [5.74, 6) is -0.618. The van der Waals surface area contributed by atoms with Crippen LogP contribution in [0.4, 0.5) is 5.69 Å². The smallest absolute Gasteiger partial charge is 0.335 e. The second-order valence-electron chi connectivity index (χ2n) is 4.79. The molecule has 1 aromatic carbocycles. The fourth-order valence-corrected chi connectivity index (χ4v) is 2.17. The number of pyridine rings is 1. The highest BCUT2D eigenvalue weighted by Crippen LogP contribution is 2.24. The number of carboxylic acid groups (broad SMARTS) is 1. The minimum atomic E-state index is -1.02. The maximum absolute atomic E-state index is 12.0. The summed E-state index contributed by atoms with van der Waals surface area (Å²) in [7, 11) is 0. The van der Waals surface area contributed by atoms with E-state index in [0.29, 0.717) is 22.7 Å². The number of aliphatic imine (C=N–C) groups is 1. The maximum atomic E-state index is 12.0. The van der Waals surface area contributed by atoms with Crippen LogP contribution in [-0.2, 0) is 0 Å². The molecule has 0 saturated carbocycles. The highest BCUT2D eigenvalue weighted by molar-refractivity contribution is 6.16. The molecule has 0 bridgehead atoms. The highest BCUT2D eigenvalue weighted by Gasteiger charge is 2.20. The van der Waals surface area contributed by atoms with Gasteiger partial charge in [-0.1, -0.05) is 6.07 Å². The fourth-order valence-electron chi connectivity index (χ4n) is 2.17. The Labute approximate surface area is 126 Å². The van der Waals surface area contributed by atoms with Crippen LogP contribution >= 0.6 is 0 Å². The second kappa shape index (κ2) is 5.77. The summed E-state index contributed by atoms with van der Waals surface area (Å²) in [5.41, 5.74) is 1.84. The molecular weight excluding hydrogens is 284 g/mol. The number of carboxylic acids is 1. The molecule has 0 aliphatic carbocycles. The lowest BCUT2D eigenvalue weighted by molar-refractivity contribution is 0.0696. The molecule has 1 N–H and O–H groups in total. The molecule has 1 aromatic heterocycles. The van der Waals surface area contributed by atoms with Gasteiger partial charge in [-0.2, -0.15) is 0 Å². The Bertz CT molecular complexity index is 783. The minimum absolute atomic E-state index is 0.0229. The van der Waals surface area contributed by atoms with Gasteiger partial charge in [-0.25, -0.2) is 4.79 Å². The van der Waals surface area contributed by atoms with E-state index in [2.05, 4.69) is 9.98 Å². The molecule has 2 aromatic rings. The largest absolute Gasteiger partial charge is 0.488 e. The highest BCUT2D eigenvalue weighted by atomic mass is 16.5. The number of hydrogen-bond acceptors (Lipinski definition) is 5. The lowest BCUT2D eigenvalue weighted by Gasteiger charge is -2.14. The molecule has 110 valence electrons. The molecule has 6 heteroatoms. The summed E-state index contributed by atoms with van der Waals surface area (Å²) in [6.45, 7) is 0.128. The molecule has 0 atom stereocenters. The first-order valence-corrected chi connectivity index (χ1v) is 6.63. The summed E-state index contributed by atoms with van der Waals surface area (Å²) in [4.78, 5) is 31.2. The molecule has 0 saturated heterocycles. The van der Waals surface area contributed by atoms with E-state index in [1.54, 1.807) is 24.4 Å². The average molecular weight is 296 g/mol. The molecule has 0 spiro atoms. The monoisotopic (exact) mass is 296 g/mol. The Balaban J connectivity index is 1.75. The first kappa shape index (κ1) is 13.9. The molecule has 0 fully saturated rings. The molecule has 0 unspecified atom stereocenters. The van der Waals surface area contributed by atoms with Gasteiger partial charge in [0.05, 0.1) is 29.6 Å². The van der Waals surface area contributed by atoms with E-state index in [4.69, 9.17) is 9.84 Å². The predicted molar refractivity (Wildman–Crippen MR) is 79.2 cm³/mol. The van der Waals surface area contributed by atoms with Crippen molar-refractivity contribution in [2.24, 2.45) is 4.99 Å².